The predicted octanol–water partition coefficient (Wildman–Crippen LogP) is 2.45. The Hall–Kier alpha value is -1.84. The van der Waals surface area contributed by atoms with Crippen molar-refractivity contribution in [2.75, 3.05) is 6.61 Å². The van der Waals surface area contributed by atoms with Gasteiger partial charge in [-0.3, -0.25) is 4.79 Å². The van der Waals surface area contributed by atoms with Gasteiger partial charge in [0.2, 0.25) is 11.8 Å². The number of rotatable bonds is 6. The highest BCUT2D eigenvalue weighted by molar-refractivity contribution is 5.76. The second-order valence-electron chi connectivity index (χ2n) is 4.65. The summed E-state index contributed by atoms with van der Waals surface area (Å²) in [5, 5.41) is 2.93. The Morgan fingerprint density at radius 2 is 2.47 bits per heavy atom. The minimum atomic E-state index is 0.0860. The fourth-order valence-electron chi connectivity index (χ4n) is 2.19. The first-order chi connectivity index (χ1) is 9.29. The third-order valence-electron chi connectivity index (χ3n) is 3.17. The topological polar surface area (TPSA) is 51.2 Å². The van der Waals surface area contributed by atoms with E-state index in [4.69, 9.17) is 4.74 Å². The van der Waals surface area contributed by atoms with E-state index in [1.54, 1.807) is 6.20 Å². The molecule has 0 aliphatic heterocycles. The number of amides is 1. The summed E-state index contributed by atoms with van der Waals surface area (Å²) in [6, 6.07) is 3.78. The zero-order chi connectivity index (χ0) is 13.5. The molecule has 0 saturated heterocycles. The van der Waals surface area contributed by atoms with Gasteiger partial charge < -0.3 is 10.1 Å². The van der Waals surface area contributed by atoms with Gasteiger partial charge in [0.25, 0.3) is 0 Å². The Morgan fingerprint density at radius 1 is 1.58 bits per heavy atom. The normalized spacial score (nSPS) is 17.4. The Balaban J connectivity index is 1.84. The number of nitrogens with zero attached hydrogens (tertiary/aromatic N) is 1. The highest BCUT2D eigenvalue weighted by Gasteiger charge is 2.14. The lowest BCUT2D eigenvalue weighted by Gasteiger charge is -2.11. The molecule has 2 rings (SSSR count). The van der Waals surface area contributed by atoms with Crippen molar-refractivity contribution in [3.05, 3.63) is 36.0 Å². The van der Waals surface area contributed by atoms with Crippen LogP contribution in [0.4, 0.5) is 0 Å². The van der Waals surface area contributed by atoms with E-state index in [1.165, 1.54) is 0 Å². The standard InChI is InChI=1S/C15H20N2O2/c1-2-19-15-13(8-5-9-16-15)11-17-14(18)10-12-6-3-4-7-12/h3,5-6,8-9,12H,2,4,7,10-11H2,1H3,(H,17,18). The molecule has 102 valence electrons. The average molecular weight is 260 g/mol. The molecular weight excluding hydrogens is 240 g/mol. The van der Waals surface area contributed by atoms with Crippen LogP contribution in [-0.2, 0) is 11.3 Å². The summed E-state index contributed by atoms with van der Waals surface area (Å²) < 4.78 is 5.43. The zero-order valence-electron chi connectivity index (χ0n) is 11.3. The van der Waals surface area contributed by atoms with Crippen LogP contribution in [0.5, 0.6) is 5.88 Å². The molecule has 1 aromatic rings. The third kappa shape index (κ3) is 4.09. The molecule has 0 saturated carbocycles. The van der Waals surface area contributed by atoms with Crippen molar-refractivity contribution in [2.45, 2.75) is 32.7 Å². The van der Waals surface area contributed by atoms with Gasteiger partial charge in [-0.25, -0.2) is 4.98 Å². The molecule has 4 nitrogen and oxygen atoms in total. The monoisotopic (exact) mass is 260 g/mol. The summed E-state index contributed by atoms with van der Waals surface area (Å²) in [5.41, 5.74) is 0.916. The van der Waals surface area contributed by atoms with Gasteiger partial charge in [0.05, 0.1) is 6.61 Å². The summed E-state index contributed by atoms with van der Waals surface area (Å²) in [5.74, 6) is 1.09. The molecule has 1 N–H and O–H groups in total. The minimum absolute atomic E-state index is 0.0860. The lowest BCUT2D eigenvalue weighted by Crippen LogP contribution is -2.24. The maximum atomic E-state index is 11.8. The Kier molecular flexibility index (Phi) is 4.95. The van der Waals surface area contributed by atoms with Crippen molar-refractivity contribution in [1.29, 1.82) is 0 Å². The number of aromatic nitrogens is 1. The van der Waals surface area contributed by atoms with Crippen LogP contribution in [0.2, 0.25) is 0 Å². The molecule has 1 heterocycles. The number of nitrogens with one attached hydrogen (secondary N) is 1. The number of pyridine rings is 1. The Labute approximate surface area is 113 Å². The first kappa shape index (κ1) is 13.6. The first-order valence-corrected chi connectivity index (χ1v) is 6.79. The molecule has 0 fully saturated rings. The molecule has 0 radical (unpaired) electrons. The van der Waals surface area contributed by atoms with Crippen molar-refractivity contribution in [3.63, 3.8) is 0 Å². The van der Waals surface area contributed by atoms with E-state index in [2.05, 4.69) is 22.5 Å². The van der Waals surface area contributed by atoms with Gasteiger partial charge in [-0.05, 0) is 31.7 Å². The first-order valence-electron chi connectivity index (χ1n) is 6.79. The van der Waals surface area contributed by atoms with Crippen molar-refractivity contribution < 1.29 is 9.53 Å². The van der Waals surface area contributed by atoms with E-state index >= 15 is 0 Å². The van der Waals surface area contributed by atoms with Crippen molar-refractivity contribution >= 4 is 5.91 Å². The largest absolute Gasteiger partial charge is 0.478 e. The number of ether oxygens (including phenoxy) is 1. The van der Waals surface area contributed by atoms with E-state index in [0.717, 1.165) is 18.4 Å². The SMILES string of the molecule is CCOc1ncccc1CNC(=O)CC1C=CCC1. The summed E-state index contributed by atoms with van der Waals surface area (Å²) in [6.07, 6.45) is 8.72. The molecule has 1 amide bonds. The van der Waals surface area contributed by atoms with Gasteiger partial charge in [-0.1, -0.05) is 18.2 Å². The lowest BCUT2D eigenvalue weighted by molar-refractivity contribution is -0.121. The smallest absolute Gasteiger partial charge is 0.220 e. The fraction of sp³-hybridized carbons (Fsp3) is 0.467. The maximum absolute atomic E-state index is 11.8. The van der Waals surface area contributed by atoms with Crippen LogP contribution < -0.4 is 10.1 Å². The van der Waals surface area contributed by atoms with Gasteiger partial charge in [0.1, 0.15) is 0 Å². The van der Waals surface area contributed by atoms with E-state index in [0.29, 0.717) is 31.4 Å². The molecule has 1 aromatic heterocycles. The van der Waals surface area contributed by atoms with E-state index in [9.17, 15) is 4.79 Å². The van der Waals surface area contributed by atoms with Crippen LogP contribution in [0.15, 0.2) is 30.5 Å². The molecule has 19 heavy (non-hydrogen) atoms. The van der Waals surface area contributed by atoms with Crippen molar-refractivity contribution in [3.8, 4) is 5.88 Å². The molecule has 0 bridgehead atoms. The minimum Gasteiger partial charge on any atom is -0.478 e. The van der Waals surface area contributed by atoms with E-state index in [-0.39, 0.29) is 5.91 Å². The van der Waals surface area contributed by atoms with Gasteiger partial charge in [0, 0.05) is 24.7 Å². The number of hydrogen-bond donors (Lipinski definition) is 1. The fourth-order valence-corrected chi connectivity index (χ4v) is 2.19. The maximum Gasteiger partial charge on any atom is 0.220 e. The highest BCUT2D eigenvalue weighted by Crippen LogP contribution is 2.20. The number of allylic oxidation sites excluding steroid dienone is 2. The van der Waals surface area contributed by atoms with Crippen LogP contribution in [0, 0.1) is 5.92 Å². The van der Waals surface area contributed by atoms with E-state index < -0.39 is 0 Å². The molecule has 0 aromatic carbocycles. The van der Waals surface area contributed by atoms with Crippen LogP contribution >= 0.6 is 0 Å². The second-order valence-corrected chi connectivity index (χ2v) is 4.65. The molecule has 4 heteroatoms. The Morgan fingerprint density at radius 3 is 3.21 bits per heavy atom. The summed E-state index contributed by atoms with van der Waals surface area (Å²) in [4.78, 5) is 16.0. The number of carbonyl (C=O) groups excluding carboxylic acids is 1. The second kappa shape index (κ2) is 6.92. The molecule has 1 unspecified atom stereocenters. The lowest BCUT2D eigenvalue weighted by atomic mass is 10.1. The zero-order valence-corrected chi connectivity index (χ0v) is 11.3. The summed E-state index contributed by atoms with van der Waals surface area (Å²) in [6.45, 7) is 2.97. The average Bonchev–Trinajstić information content (AvgIpc) is 2.91. The van der Waals surface area contributed by atoms with Crippen LogP contribution in [0.1, 0.15) is 31.7 Å². The molecule has 1 aliphatic rings. The third-order valence-corrected chi connectivity index (χ3v) is 3.17. The highest BCUT2D eigenvalue weighted by atomic mass is 16.5. The predicted molar refractivity (Wildman–Crippen MR) is 73.7 cm³/mol. The van der Waals surface area contributed by atoms with E-state index in [1.807, 2.05) is 19.1 Å². The van der Waals surface area contributed by atoms with Gasteiger partial charge in [0.15, 0.2) is 0 Å². The Bertz CT molecular complexity index is 457. The summed E-state index contributed by atoms with van der Waals surface area (Å²) in [7, 11) is 0. The van der Waals surface area contributed by atoms with Crippen LogP contribution in [-0.4, -0.2) is 17.5 Å². The van der Waals surface area contributed by atoms with Gasteiger partial charge >= 0.3 is 0 Å². The van der Waals surface area contributed by atoms with Gasteiger partial charge in [-0.15, -0.1) is 0 Å². The van der Waals surface area contributed by atoms with Crippen LogP contribution in [0.3, 0.4) is 0 Å². The molecule has 1 aliphatic carbocycles. The van der Waals surface area contributed by atoms with Crippen molar-refractivity contribution in [2.24, 2.45) is 5.92 Å². The van der Waals surface area contributed by atoms with Gasteiger partial charge in [-0.2, -0.15) is 0 Å². The molecule has 1 atom stereocenters. The number of carbonyl (C=O) groups is 1. The number of hydrogen-bond acceptors (Lipinski definition) is 3. The van der Waals surface area contributed by atoms with Crippen LogP contribution in [0.25, 0.3) is 0 Å². The summed E-state index contributed by atoms with van der Waals surface area (Å²) >= 11 is 0. The quantitative estimate of drug-likeness (QED) is 0.799. The molecule has 0 spiro atoms. The van der Waals surface area contributed by atoms with Crippen molar-refractivity contribution in [1.82, 2.24) is 10.3 Å². The molecular formula is C15H20N2O2.